The Hall–Kier alpha value is -0.610. The quantitative estimate of drug-likeness (QED) is 0.906. The minimum Gasteiger partial charge on any atom is -0.388 e. The number of anilines is 1. The van der Waals surface area contributed by atoms with Crippen molar-refractivity contribution >= 4 is 16.5 Å². The van der Waals surface area contributed by atoms with Crippen LogP contribution in [-0.2, 0) is 0 Å². The smallest absolute Gasteiger partial charge is 0.185 e. The lowest BCUT2D eigenvalue weighted by molar-refractivity contribution is 0.203. The number of rotatable bonds is 4. The van der Waals surface area contributed by atoms with E-state index in [2.05, 4.69) is 16.8 Å². The number of hydrogen-bond donors (Lipinski definition) is 1. The van der Waals surface area contributed by atoms with Crippen LogP contribution in [0.1, 0.15) is 56.9 Å². The fourth-order valence-corrected chi connectivity index (χ4v) is 3.57. The van der Waals surface area contributed by atoms with Crippen LogP contribution in [0.25, 0.3) is 0 Å². The van der Waals surface area contributed by atoms with E-state index in [1.807, 2.05) is 6.20 Å². The third kappa shape index (κ3) is 3.45. The highest BCUT2D eigenvalue weighted by Crippen LogP contribution is 2.30. The summed E-state index contributed by atoms with van der Waals surface area (Å²) < 4.78 is 0. The van der Waals surface area contributed by atoms with Gasteiger partial charge in [-0.15, -0.1) is 0 Å². The van der Waals surface area contributed by atoms with Crippen molar-refractivity contribution in [1.82, 2.24) is 4.98 Å². The van der Waals surface area contributed by atoms with Crippen LogP contribution in [0.4, 0.5) is 5.13 Å². The molecule has 1 aliphatic heterocycles. The zero-order valence-electron chi connectivity index (χ0n) is 11.4. The summed E-state index contributed by atoms with van der Waals surface area (Å²) in [5, 5.41) is 10.6. The monoisotopic (exact) mass is 268 g/mol. The van der Waals surface area contributed by atoms with E-state index in [0.717, 1.165) is 29.0 Å². The number of hydrogen-bond acceptors (Lipinski definition) is 4. The molecule has 2 unspecified atom stereocenters. The van der Waals surface area contributed by atoms with Gasteiger partial charge >= 0.3 is 0 Å². The molecule has 0 saturated carbocycles. The third-order valence-corrected chi connectivity index (χ3v) is 4.97. The van der Waals surface area contributed by atoms with E-state index in [1.54, 1.807) is 18.3 Å². The van der Waals surface area contributed by atoms with Crippen molar-refractivity contribution in [3.8, 4) is 0 Å². The van der Waals surface area contributed by atoms with Crippen molar-refractivity contribution < 1.29 is 5.11 Å². The van der Waals surface area contributed by atoms with Crippen molar-refractivity contribution in [3.63, 3.8) is 0 Å². The summed E-state index contributed by atoms with van der Waals surface area (Å²) in [6, 6.07) is 0. The Kier molecular flexibility index (Phi) is 5.01. The van der Waals surface area contributed by atoms with Gasteiger partial charge in [-0.05, 0) is 32.1 Å². The molecule has 1 saturated heterocycles. The van der Waals surface area contributed by atoms with Crippen molar-refractivity contribution in [2.24, 2.45) is 5.92 Å². The molecule has 1 aromatic rings. The summed E-state index contributed by atoms with van der Waals surface area (Å²) in [5.41, 5.74) is 0. The first-order chi connectivity index (χ1) is 8.70. The standard InChI is InChI=1S/C14H24N2OS/c1-3-5-12-6-4-8-16(9-7-12)14-15-10-13(18-14)11(2)17/h10-12,17H,3-9H2,1-2H3. The summed E-state index contributed by atoms with van der Waals surface area (Å²) in [7, 11) is 0. The third-order valence-electron chi connectivity index (χ3n) is 3.74. The van der Waals surface area contributed by atoms with Gasteiger partial charge in [0.2, 0.25) is 0 Å². The minimum atomic E-state index is -0.393. The second kappa shape index (κ2) is 6.53. The fourth-order valence-electron chi connectivity index (χ4n) is 2.67. The lowest BCUT2D eigenvalue weighted by atomic mass is 9.96. The Morgan fingerprint density at radius 3 is 3.00 bits per heavy atom. The van der Waals surface area contributed by atoms with Crippen molar-refractivity contribution in [2.75, 3.05) is 18.0 Å². The first-order valence-corrected chi connectivity index (χ1v) is 7.91. The molecular weight excluding hydrogens is 244 g/mol. The molecule has 2 atom stereocenters. The molecule has 0 aliphatic carbocycles. The second-order valence-electron chi connectivity index (χ2n) is 5.29. The van der Waals surface area contributed by atoms with E-state index in [-0.39, 0.29) is 0 Å². The van der Waals surface area contributed by atoms with Gasteiger partial charge < -0.3 is 10.0 Å². The Balaban J connectivity index is 1.96. The SMILES string of the molecule is CCCC1CCCN(c2ncc(C(C)O)s2)CC1. The van der Waals surface area contributed by atoms with Gasteiger partial charge in [0.25, 0.3) is 0 Å². The number of nitrogens with zero attached hydrogens (tertiary/aromatic N) is 2. The highest BCUT2D eigenvalue weighted by atomic mass is 32.1. The van der Waals surface area contributed by atoms with E-state index in [9.17, 15) is 5.11 Å². The maximum Gasteiger partial charge on any atom is 0.185 e. The van der Waals surface area contributed by atoms with Crippen LogP contribution < -0.4 is 4.90 Å². The van der Waals surface area contributed by atoms with E-state index in [1.165, 1.54) is 32.1 Å². The summed E-state index contributed by atoms with van der Waals surface area (Å²) in [6.07, 6.45) is 8.01. The maximum atomic E-state index is 9.55. The molecule has 3 nitrogen and oxygen atoms in total. The zero-order valence-corrected chi connectivity index (χ0v) is 12.2. The van der Waals surface area contributed by atoms with Crippen LogP contribution in [0, 0.1) is 5.92 Å². The summed E-state index contributed by atoms with van der Waals surface area (Å²) >= 11 is 1.64. The molecule has 0 spiro atoms. The minimum absolute atomic E-state index is 0.393. The Labute approximate surface area is 114 Å². The predicted molar refractivity (Wildman–Crippen MR) is 77.2 cm³/mol. The molecule has 4 heteroatoms. The Morgan fingerprint density at radius 2 is 2.33 bits per heavy atom. The normalized spacial score (nSPS) is 22.8. The second-order valence-corrected chi connectivity index (χ2v) is 6.33. The Morgan fingerprint density at radius 1 is 1.50 bits per heavy atom. The Bertz CT molecular complexity index is 364. The van der Waals surface area contributed by atoms with Crippen LogP contribution in [0.15, 0.2) is 6.20 Å². The molecule has 0 bridgehead atoms. The predicted octanol–water partition coefficient (Wildman–Crippen LogP) is 3.60. The molecule has 0 radical (unpaired) electrons. The molecule has 1 fully saturated rings. The average molecular weight is 268 g/mol. The van der Waals surface area contributed by atoms with Gasteiger partial charge in [0.05, 0.1) is 11.0 Å². The summed E-state index contributed by atoms with van der Waals surface area (Å²) in [5.74, 6) is 0.899. The lowest BCUT2D eigenvalue weighted by Crippen LogP contribution is -2.23. The molecule has 2 rings (SSSR count). The van der Waals surface area contributed by atoms with Gasteiger partial charge in [0, 0.05) is 19.3 Å². The maximum absolute atomic E-state index is 9.55. The van der Waals surface area contributed by atoms with Gasteiger partial charge in [0.15, 0.2) is 5.13 Å². The number of aliphatic hydroxyl groups excluding tert-OH is 1. The molecule has 102 valence electrons. The molecule has 18 heavy (non-hydrogen) atoms. The molecular formula is C14H24N2OS. The lowest BCUT2D eigenvalue weighted by Gasteiger charge is -2.19. The molecule has 1 aliphatic rings. The number of thiazole rings is 1. The first kappa shape index (κ1) is 13.8. The zero-order chi connectivity index (χ0) is 13.0. The van der Waals surface area contributed by atoms with Gasteiger partial charge in [0.1, 0.15) is 0 Å². The first-order valence-electron chi connectivity index (χ1n) is 7.09. The molecule has 2 heterocycles. The van der Waals surface area contributed by atoms with Crippen LogP contribution in [0.3, 0.4) is 0 Å². The van der Waals surface area contributed by atoms with Crippen molar-refractivity contribution in [2.45, 2.75) is 52.1 Å². The van der Waals surface area contributed by atoms with Crippen LogP contribution in [-0.4, -0.2) is 23.2 Å². The molecule has 1 aromatic heterocycles. The van der Waals surface area contributed by atoms with Gasteiger partial charge in [-0.1, -0.05) is 31.1 Å². The average Bonchev–Trinajstić information content (AvgIpc) is 2.72. The topological polar surface area (TPSA) is 36.4 Å². The highest BCUT2D eigenvalue weighted by molar-refractivity contribution is 7.15. The van der Waals surface area contributed by atoms with Crippen LogP contribution in [0.5, 0.6) is 0 Å². The summed E-state index contributed by atoms with van der Waals surface area (Å²) in [6.45, 7) is 6.32. The van der Waals surface area contributed by atoms with E-state index < -0.39 is 6.10 Å². The molecule has 1 N–H and O–H groups in total. The van der Waals surface area contributed by atoms with Gasteiger partial charge in [-0.3, -0.25) is 0 Å². The van der Waals surface area contributed by atoms with Gasteiger partial charge in [-0.2, -0.15) is 0 Å². The van der Waals surface area contributed by atoms with E-state index >= 15 is 0 Å². The van der Waals surface area contributed by atoms with E-state index in [4.69, 9.17) is 0 Å². The van der Waals surface area contributed by atoms with Crippen LogP contribution >= 0.6 is 11.3 Å². The highest BCUT2D eigenvalue weighted by Gasteiger charge is 2.19. The fraction of sp³-hybridized carbons (Fsp3) is 0.786. The van der Waals surface area contributed by atoms with E-state index in [0.29, 0.717) is 0 Å². The molecule has 0 amide bonds. The van der Waals surface area contributed by atoms with Gasteiger partial charge in [-0.25, -0.2) is 4.98 Å². The van der Waals surface area contributed by atoms with Crippen molar-refractivity contribution in [1.29, 1.82) is 0 Å². The van der Waals surface area contributed by atoms with Crippen LogP contribution in [0.2, 0.25) is 0 Å². The largest absolute Gasteiger partial charge is 0.388 e. The summed E-state index contributed by atoms with van der Waals surface area (Å²) in [4.78, 5) is 7.82. The molecule has 0 aromatic carbocycles. The number of aromatic nitrogens is 1. The number of aliphatic hydroxyl groups is 1. The van der Waals surface area contributed by atoms with Crippen molar-refractivity contribution in [3.05, 3.63) is 11.1 Å².